The number of carbonyl (C=O) groups excluding carboxylic acids is 1. The van der Waals surface area contributed by atoms with Gasteiger partial charge in [0.1, 0.15) is 12.1 Å². The van der Waals surface area contributed by atoms with Crippen LogP contribution in [0.25, 0.3) is 0 Å². The third-order valence-electron chi connectivity index (χ3n) is 4.51. The van der Waals surface area contributed by atoms with E-state index in [0.29, 0.717) is 0 Å². The predicted octanol–water partition coefficient (Wildman–Crippen LogP) is 0.108. The largest absolute Gasteiger partial charge is 0.481 e. The molecule has 0 aliphatic carbocycles. The molecule has 1 saturated heterocycles. The minimum atomic E-state index is -0.965. The standard InChI is InChI=1S/C16H27N5O5.ClH/c1-21(2)12(9-22)16-20-19-15(26-16)11(3-4-13(23)24)18-14(25)10-5-7-17-8-6-10;/h10-12,17,22H,3-9H2,1-2H3,(H,18,25)(H,23,24);1H/t11-,12-;/m0./s1. The van der Waals surface area contributed by atoms with Gasteiger partial charge in [0.25, 0.3) is 0 Å². The number of aromatic nitrogens is 2. The van der Waals surface area contributed by atoms with Crippen LogP contribution in [0.4, 0.5) is 0 Å². The van der Waals surface area contributed by atoms with Crippen molar-refractivity contribution < 1.29 is 24.2 Å². The molecule has 1 aliphatic heterocycles. The summed E-state index contributed by atoms with van der Waals surface area (Å²) in [6, 6.07) is -1.13. The molecule has 1 aromatic heterocycles. The number of nitrogens with one attached hydrogen (secondary N) is 2. The van der Waals surface area contributed by atoms with Crippen LogP contribution in [0.5, 0.6) is 0 Å². The molecule has 0 saturated carbocycles. The van der Waals surface area contributed by atoms with Crippen LogP contribution in [0.2, 0.25) is 0 Å². The molecule has 1 aromatic rings. The van der Waals surface area contributed by atoms with Gasteiger partial charge in [-0.2, -0.15) is 0 Å². The van der Waals surface area contributed by atoms with E-state index in [9.17, 15) is 14.7 Å². The summed E-state index contributed by atoms with van der Waals surface area (Å²) < 4.78 is 5.64. The maximum atomic E-state index is 12.5. The smallest absolute Gasteiger partial charge is 0.303 e. The number of amides is 1. The molecule has 1 amide bonds. The van der Waals surface area contributed by atoms with Crippen molar-refractivity contribution in [3.63, 3.8) is 0 Å². The van der Waals surface area contributed by atoms with E-state index >= 15 is 0 Å². The summed E-state index contributed by atoms with van der Waals surface area (Å²) in [6.45, 7) is 1.36. The van der Waals surface area contributed by atoms with Crippen molar-refractivity contribution in [2.45, 2.75) is 37.8 Å². The number of piperidine rings is 1. The van der Waals surface area contributed by atoms with E-state index < -0.39 is 18.1 Å². The van der Waals surface area contributed by atoms with Gasteiger partial charge in [-0.25, -0.2) is 0 Å². The van der Waals surface area contributed by atoms with Gasteiger partial charge in [0.15, 0.2) is 0 Å². The lowest BCUT2D eigenvalue weighted by molar-refractivity contribution is -0.137. The summed E-state index contributed by atoms with van der Waals surface area (Å²) >= 11 is 0. The van der Waals surface area contributed by atoms with Gasteiger partial charge in [0.05, 0.1) is 6.61 Å². The SMILES string of the molecule is CN(C)[C@@H](CO)c1nnc([C@H](CCC(=O)O)NC(=O)C2CCNCC2)o1.Cl. The Balaban J connectivity index is 0.00000364. The van der Waals surface area contributed by atoms with Gasteiger partial charge >= 0.3 is 5.97 Å². The number of rotatable bonds is 9. The first kappa shape index (κ1) is 23.3. The van der Waals surface area contributed by atoms with E-state index in [1.807, 2.05) is 0 Å². The van der Waals surface area contributed by atoms with Crippen LogP contribution in [0, 0.1) is 5.92 Å². The molecule has 154 valence electrons. The number of aliphatic hydroxyl groups is 1. The predicted molar refractivity (Wildman–Crippen MR) is 98.4 cm³/mol. The molecule has 1 fully saturated rings. The summed E-state index contributed by atoms with van der Waals surface area (Å²) in [5, 5.41) is 32.4. The molecule has 27 heavy (non-hydrogen) atoms. The fourth-order valence-electron chi connectivity index (χ4n) is 2.88. The quantitative estimate of drug-likeness (QED) is 0.450. The van der Waals surface area contributed by atoms with Gasteiger partial charge in [0, 0.05) is 12.3 Å². The number of hydrogen-bond acceptors (Lipinski definition) is 8. The van der Waals surface area contributed by atoms with Crippen LogP contribution < -0.4 is 10.6 Å². The lowest BCUT2D eigenvalue weighted by atomic mass is 9.96. The number of aliphatic carboxylic acids is 1. The number of carboxylic acids is 1. The van der Waals surface area contributed by atoms with Crippen molar-refractivity contribution in [2.24, 2.45) is 5.92 Å². The lowest BCUT2D eigenvalue weighted by Gasteiger charge is -2.24. The first-order chi connectivity index (χ1) is 12.4. The Kier molecular flexibility index (Phi) is 9.64. The van der Waals surface area contributed by atoms with Gasteiger partial charge in [-0.15, -0.1) is 22.6 Å². The molecular weight excluding hydrogens is 378 g/mol. The summed E-state index contributed by atoms with van der Waals surface area (Å²) in [5.41, 5.74) is 0. The van der Waals surface area contributed by atoms with Gasteiger partial charge in [0.2, 0.25) is 17.7 Å². The Hall–Kier alpha value is -1.75. The molecule has 2 atom stereocenters. The Bertz CT molecular complexity index is 606. The number of aliphatic hydroxyl groups excluding tert-OH is 1. The van der Waals surface area contributed by atoms with E-state index in [-0.39, 0.29) is 55.5 Å². The summed E-state index contributed by atoms with van der Waals surface area (Å²) in [4.78, 5) is 25.2. The minimum Gasteiger partial charge on any atom is -0.481 e. The Labute approximate surface area is 164 Å². The van der Waals surface area contributed by atoms with Gasteiger partial charge in [-0.05, 0) is 46.4 Å². The monoisotopic (exact) mass is 405 g/mol. The fraction of sp³-hybridized carbons (Fsp3) is 0.750. The maximum Gasteiger partial charge on any atom is 0.303 e. The van der Waals surface area contributed by atoms with Gasteiger partial charge < -0.3 is 25.3 Å². The van der Waals surface area contributed by atoms with Crippen molar-refractivity contribution in [3.8, 4) is 0 Å². The van der Waals surface area contributed by atoms with E-state index in [2.05, 4.69) is 20.8 Å². The molecule has 10 nitrogen and oxygen atoms in total. The number of carboxylic acid groups (broad SMARTS) is 1. The lowest BCUT2D eigenvalue weighted by Crippen LogP contribution is -2.39. The Morgan fingerprint density at radius 1 is 1.30 bits per heavy atom. The summed E-state index contributed by atoms with van der Waals surface area (Å²) in [6.07, 6.45) is 1.49. The molecule has 2 rings (SSSR count). The van der Waals surface area contributed by atoms with E-state index in [1.165, 1.54) is 0 Å². The molecule has 0 radical (unpaired) electrons. The van der Waals surface area contributed by atoms with Crippen molar-refractivity contribution in [1.82, 2.24) is 25.7 Å². The van der Waals surface area contributed by atoms with E-state index in [1.54, 1.807) is 19.0 Å². The third-order valence-corrected chi connectivity index (χ3v) is 4.51. The van der Waals surface area contributed by atoms with Crippen LogP contribution in [0.15, 0.2) is 4.42 Å². The van der Waals surface area contributed by atoms with Crippen LogP contribution in [0.3, 0.4) is 0 Å². The van der Waals surface area contributed by atoms with Crippen molar-refractivity contribution in [3.05, 3.63) is 11.8 Å². The molecule has 0 bridgehead atoms. The molecule has 11 heteroatoms. The average molecular weight is 406 g/mol. The average Bonchev–Trinajstić information content (AvgIpc) is 3.08. The number of carbonyl (C=O) groups is 2. The molecular formula is C16H28ClN5O5. The van der Waals surface area contributed by atoms with E-state index in [0.717, 1.165) is 25.9 Å². The molecule has 0 aromatic carbocycles. The van der Waals surface area contributed by atoms with Crippen molar-refractivity contribution in [2.75, 3.05) is 33.8 Å². The zero-order valence-electron chi connectivity index (χ0n) is 15.6. The normalized spacial score (nSPS) is 17.2. The minimum absolute atomic E-state index is 0. The van der Waals surface area contributed by atoms with Crippen LogP contribution >= 0.6 is 12.4 Å². The van der Waals surface area contributed by atoms with E-state index in [4.69, 9.17) is 9.52 Å². The molecule has 0 unspecified atom stereocenters. The summed E-state index contributed by atoms with van der Waals surface area (Å²) in [5.74, 6) is -0.828. The molecule has 4 N–H and O–H groups in total. The highest BCUT2D eigenvalue weighted by Crippen LogP contribution is 2.23. The first-order valence-corrected chi connectivity index (χ1v) is 8.75. The van der Waals surface area contributed by atoms with Gasteiger partial charge in [-0.3, -0.25) is 14.5 Å². The Morgan fingerprint density at radius 2 is 1.93 bits per heavy atom. The number of hydrogen-bond donors (Lipinski definition) is 4. The van der Waals surface area contributed by atoms with Crippen LogP contribution in [-0.4, -0.2) is 71.0 Å². The number of likely N-dealkylation sites (N-methyl/N-ethyl adjacent to an activating group) is 1. The second-order valence-corrected chi connectivity index (χ2v) is 6.66. The number of nitrogens with zero attached hydrogens (tertiary/aromatic N) is 3. The second kappa shape index (κ2) is 11.2. The summed E-state index contributed by atoms with van der Waals surface area (Å²) in [7, 11) is 3.54. The van der Waals surface area contributed by atoms with Crippen molar-refractivity contribution in [1.29, 1.82) is 0 Å². The van der Waals surface area contributed by atoms with Gasteiger partial charge in [-0.1, -0.05) is 0 Å². The second-order valence-electron chi connectivity index (χ2n) is 6.66. The maximum absolute atomic E-state index is 12.5. The third kappa shape index (κ3) is 6.73. The topological polar surface area (TPSA) is 141 Å². The molecule has 0 spiro atoms. The molecule has 1 aliphatic rings. The molecule has 2 heterocycles. The highest BCUT2D eigenvalue weighted by atomic mass is 35.5. The van der Waals surface area contributed by atoms with Crippen LogP contribution in [0.1, 0.15) is 49.5 Å². The fourth-order valence-corrected chi connectivity index (χ4v) is 2.88. The Morgan fingerprint density at radius 3 is 2.48 bits per heavy atom. The van der Waals surface area contributed by atoms with Crippen LogP contribution in [-0.2, 0) is 9.59 Å². The van der Waals surface area contributed by atoms with Crippen molar-refractivity contribution >= 4 is 24.3 Å². The zero-order chi connectivity index (χ0) is 19.1. The first-order valence-electron chi connectivity index (χ1n) is 8.75. The highest BCUT2D eigenvalue weighted by Gasteiger charge is 2.28. The number of halogens is 1. The highest BCUT2D eigenvalue weighted by molar-refractivity contribution is 5.85. The zero-order valence-corrected chi connectivity index (χ0v) is 16.4.